The van der Waals surface area contributed by atoms with Gasteiger partial charge in [0.2, 0.25) is 0 Å². The van der Waals surface area contributed by atoms with E-state index in [1.807, 2.05) is 0 Å². The molecule has 90 valence electrons. The van der Waals surface area contributed by atoms with Gasteiger partial charge < -0.3 is 4.90 Å². The fourth-order valence-electron chi connectivity index (χ4n) is 2.76. The summed E-state index contributed by atoms with van der Waals surface area (Å²) in [4.78, 5) is 2.70. The molecule has 15 heavy (non-hydrogen) atoms. The van der Waals surface area contributed by atoms with Crippen molar-refractivity contribution in [2.75, 3.05) is 13.1 Å². The lowest BCUT2D eigenvalue weighted by atomic mass is 9.95. The Kier molecular flexibility index (Phi) is 6.31. The molecule has 0 spiro atoms. The highest BCUT2D eigenvalue weighted by Crippen LogP contribution is 2.20. The third-order valence-corrected chi connectivity index (χ3v) is 3.81. The summed E-state index contributed by atoms with van der Waals surface area (Å²) in [5.41, 5.74) is 0. The Hall–Kier alpha value is -0.0400. The molecule has 0 aromatic heterocycles. The minimum atomic E-state index is 0.817. The summed E-state index contributed by atoms with van der Waals surface area (Å²) in [7, 11) is 0. The van der Waals surface area contributed by atoms with Gasteiger partial charge in [0.05, 0.1) is 0 Å². The smallest absolute Gasteiger partial charge is 0.00694 e. The van der Waals surface area contributed by atoms with Crippen LogP contribution >= 0.6 is 0 Å². The average molecular weight is 211 g/mol. The van der Waals surface area contributed by atoms with Crippen LogP contribution in [0.5, 0.6) is 0 Å². The molecule has 1 nitrogen and oxygen atoms in total. The van der Waals surface area contributed by atoms with Crippen LogP contribution in [0.25, 0.3) is 0 Å². The average Bonchev–Trinajstić information content (AvgIpc) is 2.27. The van der Waals surface area contributed by atoms with Crippen molar-refractivity contribution in [2.45, 2.75) is 71.8 Å². The van der Waals surface area contributed by atoms with E-state index in [1.54, 1.807) is 0 Å². The molecule has 0 saturated carbocycles. The molecule has 1 heteroatoms. The van der Waals surface area contributed by atoms with Crippen molar-refractivity contribution >= 4 is 0 Å². The predicted octanol–water partition coefficient (Wildman–Crippen LogP) is 4.08. The third-order valence-electron chi connectivity index (χ3n) is 3.81. The second-order valence-electron chi connectivity index (χ2n) is 5.43. The summed E-state index contributed by atoms with van der Waals surface area (Å²) >= 11 is 0. The highest BCUT2D eigenvalue weighted by molar-refractivity contribution is 4.73. The van der Waals surface area contributed by atoms with Gasteiger partial charge in [-0.2, -0.15) is 0 Å². The molecule has 2 unspecified atom stereocenters. The number of hydrogen-bond acceptors (Lipinski definition) is 1. The van der Waals surface area contributed by atoms with Crippen molar-refractivity contribution in [3.05, 3.63) is 0 Å². The molecule has 0 aliphatic carbocycles. The number of hydrogen-bond donors (Lipinski definition) is 0. The molecule has 1 aliphatic rings. The first-order chi connectivity index (χ1) is 7.24. The highest BCUT2D eigenvalue weighted by Gasteiger charge is 2.18. The maximum Gasteiger partial charge on any atom is 0.00694 e. The van der Waals surface area contributed by atoms with E-state index in [0.717, 1.165) is 12.0 Å². The molecule has 0 N–H and O–H groups in total. The van der Waals surface area contributed by atoms with Gasteiger partial charge in [-0.25, -0.2) is 0 Å². The van der Waals surface area contributed by atoms with Crippen molar-refractivity contribution < 1.29 is 0 Å². The summed E-state index contributed by atoms with van der Waals surface area (Å²) in [5.74, 6) is 0.918. The van der Waals surface area contributed by atoms with Gasteiger partial charge in [-0.3, -0.25) is 0 Å². The zero-order chi connectivity index (χ0) is 11.1. The van der Waals surface area contributed by atoms with E-state index in [0.29, 0.717) is 0 Å². The van der Waals surface area contributed by atoms with Gasteiger partial charge in [-0.05, 0) is 45.2 Å². The predicted molar refractivity (Wildman–Crippen MR) is 68.2 cm³/mol. The van der Waals surface area contributed by atoms with Gasteiger partial charge in [-0.15, -0.1) is 0 Å². The molecule has 0 aromatic rings. The van der Waals surface area contributed by atoms with Crippen molar-refractivity contribution in [3.63, 3.8) is 0 Å². The summed E-state index contributed by atoms with van der Waals surface area (Å²) in [5, 5.41) is 0. The number of nitrogens with zero attached hydrogens (tertiary/aromatic N) is 1. The zero-order valence-corrected chi connectivity index (χ0v) is 11.0. The Labute approximate surface area is 96.2 Å². The Bertz CT molecular complexity index is 149. The molecule has 1 aliphatic heterocycles. The zero-order valence-electron chi connectivity index (χ0n) is 11.0. The van der Waals surface area contributed by atoms with Gasteiger partial charge in [0.1, 0.15) is 0 Å². The third kappa shape index (κ3) is 5.01. The van der Waals surface area contributed by atoms with Gasteiger partial charge in [0, 0.05) is 6.04 Å². The molecule has 1 rings (SSSR count). The molecule has 0 amide bonds. The largest absolute Gasteiger partial charge is 0.301 e. The van der Waals surface area contributed by atoms with Gasteiger partial charge in [0.25, 0.3) is 0 Å². The van der Waals surface area contributed by atoms with E-state index in [9.17, 15) is 0 Å². The first-order valence-corrected chi connectivity index (χ1v) is 6.98. The molecular weight excluding hydrogens is 182 g/mol. The standard InChI is InChI=1S/C14H29N/c1-4-5-9-13(2)12-14(3)15-10-7-6-8-11-15/h13-14H,4-12H2,1-3H3. The Morgan fingerprint density at radius 3 is 2.33 bits per heavy atom. The van der Waals surface area contributed by atoms with Crippen LogP contribution in [0.3, 0.4) is 0 Å². The van der Waals surface area contributed by atoms with Crippen LogP contribution < -0.4 is 0 Å². The fourth-order valence-corrected chi connectivity index (χ4v) is 2.76. The van der Waals surface area contributed by atoms with Crippen LogP contribution in [-0.2, 0) is 0 Å². The number of rotatable bonds is 6. The molecule has 0 aromatic carbocycles. The minimum absolute atomic E-state index is 0.817. The summed E-state index contributed by atoms with van der Waals surface area (Å²) in [6.45, 7) is 9.84. The Balaban J connectivity index is 2.17. The van der Waals surface area contributed by atoms with Crippen LogP contribution in [0.15, 0.2) is 0 Å². The first-order valence-electron chi connectivity index (χ1n) is 6.98. The van der Waals surface area contributed by atoms with Crippen molar-refractivity contribution in [1.82, 2.24) is 4.90 Å². The number of likely N-dealkylation sites (tertiary alicyclic amines) is 1. The van der Waals surface area contributed by atoms with Crippen LogP contribution in [0.1, 0.15) is 65.7 Å². The lowest BCUT2D eigenvalue weighted by molar-refractivity contribution is 0.152. The van der Waals surface area contributed by atoms with E-state index >= 15 is 0 Å². The molecule has 2 atom stereocenters. The van der Waals surface area contributed by atoms with E-state index in [4.69, 9.17) is 0 Å². The fraction of sp³-hybridized carbons (Fsp3) is 1.00. The lowest BCUT2D eigenvalue weighted by Gasteiger charge is -2.33. The number of unbranched alkanes of at least 4 members (excludes halogenated alkanes) is 1. The normalized spacial score (nSPS) is 22.6. The van der Waals surface area contributed by atoms with Crippen LogP contribution in [0.2, 0.25) is 0 Å². The topological polar surface area (TPSA) is 3.24 Å². The minimum Gasteiger partial charge on any atom is -0.301 e. The van der Waals surface area contributed by atoms with Gasteiger partial charge >= 0.3 is 0 Å². The molecule has 0 radical (unpaired) electrons. The van der Waals surface area contributed by atoms with Crippen molar-refractivity contribution in [3.8, 4) is 0 Å². The molecule has 1 heterocycles. The van der Waals surface area contributed by atoms with Crippen LogP contribution in [0, 0.1) is 5.92 Å². The summed E-state index contributed by atoms with van der Waals surface area (Å²) < 4.78 is 0. The second kappa shape index (κ2) is 7.27. The molecular formula is C14H29N. The van der Waals surface area contributed by atoms with Crippen molar-refractivity contribution in [2.24, 2.45) is 5.92 Å². The maximum atomic E-state index is 2.70. The first kappa shape index (κ1) is 13.0. The molecule has 1 fully saturated rings. The Morgan fingerprint density at radius 1 is 1.07 bits per heavy atom. The van der Waals surface area contributed by atoms with Crippen LogP contribution in [0.4, 0.5) is 0 Å². The van der Waals surface area contributed by atoms with Gasteiger partial charge in [0.15, 0.2) is 0 Å². The monoisotopic (exact) mass is 211 g/mol. The summed E-state index contributed by atoms with van der Waals surface area (Å²) in [6.07, 6.45) is 9.89. The van der Waals surface area contributed by atoms with E-state index in [1.165, 1.54) is 58.0 Å². The second-order valence-corrected chi connectivity index (χ2v) is 5.43. The lowest BCUT2D eigenvalue weighted by Crippen LogP contribution is -2.38. The quantitative estimate of drug-likeness (QED) is 0.640. The van der Waals surface area contributed by atoms with Crippen molar-refractivity contribution in [1.29, 1.82) is 0 Å². The van der Waals surface area contributed by atoms with E-state index in [2.05, 4.69) is 25.7 Å². The van der Waals surface area contributed by atoms with Crippen LogP contribution in [-0.4, -0.2) is 24.0 Å². The van der Waals surface area contributed by atoms with E-state index < -0.39 is 0 Å². The Morgan fingerprint density at radius 2 is 1.73 bits per heavy atom. The summed E-state index contributed by atoms with van der Waals surface area (Å²) in [6, 6.07) is 0.817. The number of piperidine rings is 1. The molecule has 1 saturated heterocycles. The maximum absolute atomic E-state index is 2.70. The van der Waals surface area contributed by atoms with Gasteiger partial charge in [-0.1, -0.05) is 39.5 Å². The highest BCUT2D eigenvalue weighted by atomic mass is 15.1. The van der Waals surface area contributed by atoms with E-state index in [-0.39, 0.29) is 0 Å². The SMILES string of the molecule is CCCCC(C)CC(C)N1CCCCC1. The molecule has 0 bridgehead atoms.